The third-order valence-electron chi connectivity index (χ3n) is 5.42. The SMILES string of the molecule is CCC(C)OC(=O)OC(C)O/C(=C(/C=N\C)c1ccc(C(C)(C)C)cc1)c1cc(C)nn1CC. The maximum absolute atomic E-state index is 12.2. The predicted molar refractivity (Wildman–Crippen MR) is 137 cm³/mol. The number of rotatable bonds is 9. The van der Waals surface area contributed by atoms with Gasteiger partial charge in [0.15, 0.2) is 5.76 Å². The van der Waals surface area contributed by atoms with Gasteiger partial charge < -0.3 is 14.2 Å². The summed E-state index contributed by atoms with van der Waals surface area (Å²) < 4.78 is 18.7. The van der Waals surface area contributed by atoms with Crippen molar-refractivity contribution in [1.29, 1.82) is 0 Å². The van der Waals surface area contributed by atoms with E-state index in [0.29, 0.717) is 18.7 Å². The molecule has 0 bridgehead atoms. The Morgan fingerprint density at radius 2 is 1.76 bits per heavy atom. The molecule has 1 aromatic heterocycles. The average Bonchev–Trinajstić information content (AvgIpc) is 3.15. The largest absolute Gasteiger partial charge is 0.511 e. The smallest absolute Gasteiger partial charge is 0.452 e. The van der Waals surface area contributed by atoms with E-state index in [9.17, 15) is 4.79 Å². The van der Waals surface area contributed by atoms with Gasteiger partial charge in [-0.05, 0) is 49.8 Å². The van der Waals surface area contributed by atoms with Crippen LogP contribution in [0.4, 0.5) is 4.79 Å². The van der Waals surface area contributed by atoms with E-state index < -0.39 is 12.4 Å². The molecule has 2 unspecified atom stereocenters. The second-order valence-electron chi connectivity index (χ2n) is 9.33. The van der Waals surface area contributed by atoms with Gasteiger partial charge in [0.25, 0.3) is 0 Å². The Bertz CT molecular complexity index is 1010. The van der Waals surface area contributed by atoms with Crippen molar-refractivity contribution >= 4 is 23.7 Å². The zero-order valence-electron chi connectivity index (χ0n) is 22.0. The van der Waals surface area contributed by atoms with Gasteiger partial charge in [-0.25, -0.2) is 4.79 Å². The molecule has 0 aliphatic heterocycles. The summed E-state index contributed by atoms with van der Waals surface area (Å²) in [5, 5.41) is 4.58. The lowest BCUT2D eigenvalue weighted by Gasteiger charge is -2.22. The van der Waals surface area contributed by atoms with Gasteiger partial charge in [-0.3, -0.25) is 9.67 Å². The van der Waals surface area contributed by atoms with Crippen LogP contribution in [0.25, 0.3) is 11.3 Å². The van der Waals surface area contributed by atoms with Crippen molar-refractivity contribution in [2.24, 2.45) is 4.99 Å². The van der Waals surface area contributed by atoms with E-state index >= 15 is 0 Å². The molecule has 0 saturated carbocycles. The molecule has 186 valence electrons. The van der Waals surface area contributed by atoms with Gasteiger partial charge in [-0.15, -0.1) is 0 Å². The second-order valence-corrected chi connectivity index (χ2v) is 9.33. The van der Waals surface area contributed by atoms with Crippen LogP contribution in [0, 0.1) is 6.92 Å². The van der Waals surface area contributed by atoms with Crippen LogP contribution in [0.15, 0.2) is 35.3 Å². The van der Waals surface area contributed by atoms with Crippen LogP contribution in [-0.2, 0) is 26.2 Å². The normalized spacial score (nSPS) is 14.5. The van der Waals surface area contributed by atoms with E-state index in [4.69, 9.17) is 14.2 Å². The van der Waals surface area contributed by atoms with Gasteiger partial charge in [0.2, 0.25) is 6.29 Å². The number of allylic oxidation sites excluding steroid dienone is 1. The molecule has 2 aromatic rings. The molecule has 0 saturated heterocycles. The van der Waals surface area contributed by atoms with Crippen LogP contribution >= 0.6 is 0 Å². The van der Waals surface area contributed by atoms with E-state index in [-0.39, 0.29) is 11.5 Å². The Labute approximate surface area is 203 Å². The summed E-state index contributed by atoms with van der Waals surface area (Å²) in [6.45, 7) is 16.6. The fourth-order valence-corrected chi connectivity index (χ4v) is 3.38. The van der Waals surface area contributed by atoms with Gasteiger partial charge in [-0.1, -0.05) is 52.0 Å². The van der Waals surface area contributed by atoms with E-state index in [1.165, 1.54) is 5.56 Å². The highest BCUT2D eigenvalue weighted by molar-refractivity contribution is 6.18. The third-order valence-corrected chi connectivity index (χ3v) is 5.42. The number of aliphatic imine (C=N–C) groups is 1. The Hall–Kier alpha value is -3.09. The molecule has 0 fully saturated rings. The maximum atomic E-state index is 12.2. The first-order chi connectivity index (χ1) is 16.0. The van der Waals surface area contributed by atoms with Crippen molar-refractivity contribution in [3.63, 3.8) is 0 Å². The van der Waals surface area contributed by atoms with Crippen LogP contribution in [0.5, 0.6) is 0 Å². The summed E-state index contributed by atoms with van der Waals surface area (Å²) >= 11 is 0. The fourth-order valence-electron chi connectivity index (χ4n) is 3.38. The molecular weight excluding hydrogens is 430 g/mol. The zero-order valence-corrected chi connectivity index (χ0v) is 22.0. The molecular formula is C27H39N3O4. The molecule has 7 nitrogen and oxygen atoms in total. The number of nitrogens with zero attached hydrogens (tertiary/aromatic N) is 3. The van der Waals surface area contributed by atoms with Crippen molar-refractivity contribution < 1.29 is 19.0 Å². The molecule has 34 heavy (non-hydrogen) atoms. The predicted octanol–water partition coefficient (Wildman–Crippen LogP) is 6.39. The molecule has 0 radical (unpaired) electrons. The molecule has 0 N–H and O–H groups in total. The molecule has 1 heterocycles. The molecule has 0 amide bonds. The van der Waals surface area contributed by atoms with E-state index in [1.54, 1.807) is 20.2 Å². The van der Waals surface area contributed by atoms with Gasteiger partial charge in [-0.2, -0.15) is 5.10 Å². The molecule has 0 aliphatic carbocycles. The topological polar surface area (TPSA) is 74.9 Å². The summed E-state index contributed by atoms with van der Waals surface area (Å²) in [6, 6.07) is 10.3. The van der Waals surface area contributed by atoms with E-state index in [1.807, 2.05) is 38.4 Å². The standard InChI is InChI=1S/C27H39N3O4/c1-10-19(4)32-26(31)34-20(5)33-25(24-16-18(3)29-30(24)11-2)23(17-28-9)21-12-14-22(15-13-21)27(6,7)8/h12-17,19-20H,10-11H2,1-9H3/b25-23-,28-17-. The van der Waals surface area contributed by atoms with Crippen LogP contribution < -0.4 is 0 Å². The minimum Gasteiger partial charge on any atom is -0.452 e. The van der Waals surface area contributed by atoms with E-state index in [2.05, 4.69) is 55.1 Å². The molecule has 7 heteroatoms. The zero-order chi connectivity index (χ0) is 25.5. The molecule has 2 atom stereocenters. The van der Waals surface area contributed by atoms with Crippen LogP contribution in [0.2, 0.25) is 0 Å². The fraction of sp³-hybridized carbons (Fsp3) is 0.519. The number of hydrogen-bond donors (Lipinski definition) is 0. The Morgan fingerprint density at radius 1 is 1.12 bits per heavy atom. The lowest BCUT2D eigenvalue weighted by atomic mass is 9.86. The minimum atomic E-state index is -0.888. The summed E-state index contributed by atoms with van der Waals surface area (Å²) in [5.74, 6) is 0.528. The minimum absolute atomic E-state index is 0.0386. The highest BCUT2D eigenvalue weighted by Gasteiger charge is 2.23. The van der Waals surface area contributed by atoms with Gasteiger partial charge in [0, 0.05) is 32.3 Å². The van der Waals surface area contributed by atoms with Gasteiger partial charge >= 0.3 is 6.16 Å². The number of aryl methyl sites for hydroxylation is 2. The highest BCUT2D eigenvalue weighted by atomic mass is 16.8. The Morgan fingerprint density at radius 3 is 2.29 bits per heavy atom. The van der Waals surface area contributed by atoms with Crippen molar-refractivity contribution in [2.75, 3.05) is 7.05 Å². The monoisotopic (exact) mass is 469 g/mol. The first kappa shape index (κ1) is 27.2. The quantitative estimate of drug-likeness (QED) is 0.184. The molecule has 0 aliphatic rings. The second kappa shape index (κ2) is 11.9. The summed E-state index contributed by atoms with van der Waals surface area (Å²) in [6.07, 6.45) is 0.575. The van der Waals surface area contributed by atoms with Gasteiger partial charge in [0.1, 0.15) is 11.8 Å². The summed E-state index contributed by atoms with van der Waals surface area (Å²) in [4.78, 5) is 16.5. The maximum Gasteiger partial charge on any atom is 0.511 e. The summed E-state index contributed by atoms with van der Waals surface area (Å²) in [5.41, 5.74) is 4.61. The number of ether oxygens (including phenoxy) is 3. The first-order valence-electron chi connectivity index (χ1n) is 11.9. The number of benzene rings is 1. The number of carbonyl (C=O) groups is 1. The van der Waals surface area contributed by atoms with Crippen LogP contribution in [-0.4, -0.2) is 41.6 Å². The third kappa shape index (κ3) is 7.20. The molecule has 1 aromatic carbocycles. The van der Waals surface area contributed by atoms with Crippen molar-refractivity contribution in [2.45, 2.75) is 86.2 Å². The Balaban J connectivity index is 2.55. The van der Waals surface area contributed by atoms with Crippen molar-refractivity contribution in [1.82, 2.24) is 9.78 Å². The molecule has 0 spiro atoms. The molecule has 2 rings (SSSR count). The van der Waals surface area contributed by atoms with Crippen LogP contribution in [0.3, 0.4) is 0 Å². The number of hydrogen-bond acceptors (Lipinski definition) is 6. The highest BCUT2D eigenvalue weighted by Crippen LogP contribution is 2.31. The lowest BCUT2D eigenvalue weighted by Crippen LogP contribution is -2.22. The number of aromatic nitrogens is 2. The first-order valence-corrected chi connectivity index (χ1v) is 11.9. The Kier molecular flexibility index (Phi) is 9.47. The van der Waals surface area contributed by atoms with Crippen molar-refractivity contribution in [3.8, 4) is 0 Å². The average molecular weight is 470 g/mol. The van der Waals surface area contributed by atoms with Crippen LogP contribution in [0.1, 0.15) is 77.4 Å². The van der Waals surface area contributed by atoms with E-state index in [0.717, 1.165) is 22.5 Å². The lowest BCUT2D eigenvalue weighted by molar-refractivity contribution is -0.0753. The van der Waals surface area contributed by atoms with Gasteiger partial charge in [0.05, 0.1) is 5.69 Å². The van der Waals surface area contributed by atoms with Crippen molar-refractivity contribution in [3.05, 3.63) is 52.8 Å². The summed E-state index contributed by atoms with van der Waals surface area (Å²) in [7, 11) is 1.72. The number of carbonyl (C=O) groups excluding carboxylic acids is 1.